The highest BCUT2D eigenvalue weighted by atomic mass is 35.5. The maximum Gasteiger partial charge on any atom is 0.257 e. The van der Waals surface area contributed by atoms with E-state index in [9.17, 15) is 9.59 Å². The zero-order valence-corrected chi connectivity index (χ0v) is 23.0. The summed E-state index contributed by atoms with van der Waals surface area (Å²) in [5.41, 5.74) is 0.976. The molecule has 2 aromatic heterocycles. The first kappa shape index (κ1) is 28.0. The SMILES string of the molecule is O=C(Nc1nnc(CCOCCOCCc2nnc(NC(=O)c3ccc(Cl)cc3)s2)s1)c1ccc(Cl)cc1. The lowest BCUT2D eigenvalue weighted by atomic mass is 10.2. The summed E-state index contributed by atoms with van der Waals surface area (Å²) in [4.78, 5) is 24.5. The van der Waals surface area contributed by atoms with Crippen molar-refractivity contribution >= 4 is 68.0 Å². The van der Waals surface area contributed by atoms with Gasteiger partial charge in [-0.15, -0.1) is 20.4 Å². The van der Waals surface area contributed by atoms with Crippen LogP contribution >= 0.6 is 45.9 Å². The first-order chi connectivity index (χ1) is 18.5. The summed E-state index contributed by atoms with van der Waals surface area (Å²) in [5.74, 6) is -0.546. The zero-order chi connectivity index (χ0) is 26.7. The fourth-order valence-electron chi connectivity index (χ4n) is 2.99. The van der Waals surface area contributed by atoms with Crippen molar-refractivity contribution in [1.29, 1.82) is 0 Å². The molecule has 38 heavy (non-hydrogen) atoms. The molecule has 0 aliphatic rings. The van der Waals surface area contributed by atoms with Gasteiger partial charge < -0.3 is 9.47 Å². The van der Waals surface area contributed by atoms with E-state index in [2.05, 4.69) is 31.0 Å². The summed E-state index contributed by atoms with van der Waals surface area (Å²) in [6.45, 7) is 1.77. The molecule has 0 unspecified atom stereocenters. The molecule has 198 valence electrons. The molecule has 14 heteroatoms. The molecule has 2 amide bonds. The molecule has 4 aromatic rings. The Morgan fingerprint density at radius 3 is 1.42 bits per heavy atom. The molecule has 2 N–H and O–H groups in total. The van der Waals surface area contributed by atoms with E-state index in [0.717, 1.165) is 10.0 Å². The number of nitrogens with zero attached hydrogens (tertiary/aromatic N) is 4. The number of aromatic nitrogens is 4. The van der Waals surface area contributed by atoms with Crippen LogP contribution in [-0.4, -0.2) is 58.6 Å². The Morgan fingerprint density at radius 1 is 0.632 bits per heavy atom. The highest BCUT2D eigenvalue weighted by Crippen LogP contribution is 2.19. The second kappa shape index (κ2) is 14.2. The summed E-state index contributed by atoms with van der Waals surface area (Å²) in [7, 11) is 0. The molecule has 0 bridgehead atoms. The van der Waals surface area contributed by atoms with Gasteiger partial charge in [0.15, 0.2) is 0 Å². The lowest BCUT2D eigenvalue weighted by molar-refractivity contribution is 0.0500. The topological polar surface area (TPSA) is 128 Å². The summed E-state index contributed by atoms with van der Waals surface area (Å²) >= 11 is 14.3. The summed E-state index contributed by atoms with van der Waals surface area (Å²) in [6, 6.07) is 13.2. The number of carbonyl (C=O) groups is 2. The molecule has 0 saturated carbocycles. The van der Waals surface area contributed by atoms with Crippen LogP contribution in [-0.2, 0) is 22.3 Å². The van der Waals surface area contributed by atoms with Gasteiger partial charge in [0.05, 0.1) is 26.4 Å². The zero-order valence-electron chi connectivity index (χ0n) is 19.9. The average molecular weight is 594 g/mol. The number of benzene rings is 2. The van der Waals surface area contributed by atoms with E-state index in [4.69, 9.17) is 32.7 Å². The van der Waals surface area contributed by atoms with Crippen LogP contribution in [0.4, 0.5) is 10.3 Å². The number of carbonyl (C=O) groups excluding carboxylic acids is 2. The minimum absolute atomic E-state index is 0.273. The predicted molar refractivity (Wildman–Crippen MR) is 148 cm³/mol. The van der Waals surface area contributed by atoms with Crippen LogP contribution in [0.25, 0.3) is 0 Å². The Bertz CT molecular complexity index is 1240. The fourth-order valence-corrected chi connectivity index (χ4v) is 4.68. The van der Waals surface area contributed by atoms with Crippen LogP contribution in [0, 0.1) is 0 Å². The Hall–Kier alpha value is -3.00. The highest BCUT2D eigenvalue weighted by molar-refractivity contribution is 7.15. The number of rotatable bonds is 13. The number of halogens is 2. The summed E-state index contributed by atoms with van der Waals surface area (Å²) < 4.78 is 11.2. The molecule has 10 nitrogen and oxygen atoms in total. The number of anilines is 2. The van der Waals surface area contributed by atoms with Gasteiger partial charge in [0, 0.05) is 34.0 Å². The van der Waals surface area contributed by atoms with Crippen molar-refractivity contribution in [2.24, 2.45) is 0 Å². The first-order valence-electron chi connectivity index (χ1n) is 11.4. The molecule has 2 aromatic carbocycles. The highest BCUT2D eigenvalue weighted by Gasteiger charge is 2.12. The van der Waals surface area contributed by atoms with E-state index in [1.54, 1.807) is 48.5 Å². The van der Waals surface area contributed by atoms with E-state index >= 15 is 0 Å². The molecule has 0 radical (unpaired) electrons. The van der Waals surface area contributed by atoms with Crippen molar-refractivity contribution in [3.8, 4) is 0 Å². The molecule has 0 saturated heterocycles. The smallest absolute Gasteiger partial charge is 0.257 e. The van der Waals surface area contributed by atoms with E-state index < -0.39 is 0 Å². The molecular weight excluding hydrogens is 571 g/mol. The van der Waals surface area contributed by atoms with Gasteiger partial charge in [-0.2, -0.15) is 0 Å². The van der Waals surface area contributed by atoms with Gasteiger partial charge in [-0.3, -0.25) is 20.2 Å². The van der Waals surface area contributed by atoms with Gasteiger partial charge in [-0.25, -0.2) is 0 Å². The molecule has 0 aliphatic heterocycles. The minimum Gasteiger partial charge on any atom is -0.379 e. The van der Waals surface area contributed by atoms with Gasteiger partial charge in [0.25, 0.3) is 11.8 Å². The number of nitrogens with one attached hydrogen (secondary N) is 2. The Kier molecular flexibility index (Phi) is 10.5. The minimum atomic E-state index is -0.273. The number of amides is 2. The number of ether oxygens (including phenoxy) is 2. The second-order valence-electron chi connectivity index (χ2n) is 7.65. The van der Waals surface area contributed by atoms with Crippen LogP contribution in [0.1, 0.15) is 30.7 Å². The molecule has 0 fully saturated rings. The fraction of sp³-hybridized carbons (Fsp3) is 0.250. The second-order valence-corrected chi connectivity index (χ2v) is 10.6. The normalized spacial score (nSPS) is 10.9. The Balaban J connectivity index is 1.06. The molecular formula is C24H22Cl2N6O4S2. The summed E-state index contributed by atoms with van der Waals surface area (Å²) in [5, 5.41) is 25.1. The van der Waals surface area contributed by atoms with Crippen molar-refractivity contribution in [1.82, 2.24) is 20.4 Å². The van der Waals surface area contributed by atoms with Gasteiger partial charge in [-0.1, -0.05) is 45.9 Å². The maximum atomic E-state index is 12.2. The van der Waals surface area contributed by atoms with Gasteiger partial charge in [0.1, 0.15) is 10.0 Å². The van der Waals surface area contributed by atoms with Crippen molar-refractivity contribution in [2.75, 3.05) is 37.1 Å². The van der Waals surface area contributed by atoms with Crippen molar-refractivity contribution in [3.63, 3.8) is 0 Å². The lowest BCUT2D eigenvalue weighted by Crippen LogP contribution is -2.11. The Morgan fingerprint density at radius 2 is 1.03 bits per heavy atom. The molecule has 4 rings (SSSR count). The molecule has 2 heterocycles. The first-order valence-corrected chi connectivity index (χ1v) is 13.8. The van der Waals surface area contributed by atoms with Crippen molar-refractivity contribution in [2.45, 2.75) is 12.8 Å². The van der Waals surface area contributed by atoms with Crippen LogP contribution in [0.3, 0.4) is 0 Å². The largest absolute Gasteiger partial charge is 0.379 e. The van der Waals surface area contributed by atoms with Crippen LogP contribution in [0.5, 0.6) is 0 Å². The van der Waals surface area contributed by atoms with Crippen LogP contribution in [0.15, 0.2) is 48.5 Å². The molecule has 0 atom stereocenters. The number of hydrogen-bond acceptors (Lipinski definition) is 10. The monoisotopic (exact) mass is 592 g/mol. The van der Waals surface area contributed by atoms with E-state index in [0.29, 0.717) is 70.7 Å². The quantitative estimate of drug-likeness (QED) is 0.207. The Labute approximate surface area is 236 Å². The van der Waals surface area contributed by atoms with Crippen molar-refractivity contribution < 1.29 is 19.1 Å². The number of hydrogen-bond donors (Lipinski definition) is 2. The third kappa shape index (κ3) is 8.79. The summed E-state index contributed by atoms with van der Waals surface area (Å²) in [6.07, 6.45) is 1.15. The van der Waals surface area contributed by atoms with Gasteiger partial charge >= 0.3 is 0 Å². The van der Waals surface area contributed by atoms with E-state index in [1.165, 1.54) is 22.7 Å². The van der Waals surface area contributed by atoms with Crippen molar-refractivity contribution in [3.05, 3.63) is 79.7 Å². The van der Waals surface area contributed by atoms with Crippen LogP contribution in [0.2, 0.25) is 10.0 Å². The third-order valence-electron chi connectivity index (χ3n) is 4.88. The standard InChI is InChI=1S/C24H22Cl2N6O4S2/c25-17-5-1-15(2-6-17)21(33)27-23-31-29-19(37-23)9-11-35-13-14-36-12-10-20-30-32-24(38-20)28-22(34)16-3-7-18(26)8-4-16/h1-8H,9-14H2,(H,27,31,33)(H,28,32,34). The maximum absolute atomic E-state index is 12.2. The predicted octanol–water partition coefficient (Wildman–Crippen LogP) is 5.02. The average Bonchev–Trinajstić information content (AvgIpc) is 3.55. The third-order valence-corrected chi connectivity index (χ3v) is 7.18. The lowest BCUT2D eigenvalue weighted by Gasteiger charge is -2.04. The van der Waals surface area contributed by atoms with Crippen LogP contribution < -0.4 is 10.6 Å². The van der Waals surface area contributed by atoms with E-state index in [1.807, 2.05) is 0 Å². The molecule has 0 aliphatic carbocycles. The molecule has 0 spiro atoms. The van der Waals surface area contributed by atoms with Gasteiger partial charge in [-0.05, 0) is 48.5 Å². The van der Waals surface area contributed by atoms with E-state index in [-0.39, 0.29) is 11.8 Å². The van der Waals surface area contributed by atoms with Gasteiger partial charge in [0.2, 0.25) is 10.3 Å².